The number of benzene rings is 8. The second kappa shape index (κ2) is 11.3. The highest BCUT2D eigenvalue weighted by atomic mass is 16.3. The van der Waals surface area contributed by atoms with E-state index in [4.69, 9.17) is 4.42 Å². The Morgan fingerprint density at radius 1 is 0.431 bits per heavy atom. The van der Waals surface area contributed by atoms with Gasteiger partial charge in [-0.25, -0.2) is 0 Å². The van der Waals surface area contributed by atoms with Gasteiger partial charge in [-0.1, -0.05) is 147 Å². The van der Waals surface area contributed by atoms with E-state index in [9.17, 15) is 0 Å². The number of hydrogen-bond donors (Lipinski definition) is 0. The third-order valence-corrected chi connectivity index (χ3v) is 10.9. The first-order valence-electron chi connectivity index (χ1n) is 17.7. The summed E-state index contributed by atoms with van der Waals surface area (Å²) < 4.78 is 6.64. The Morgan fingerprint density at radius 3 is 1.88 bits per heavy atom. The van der Waals surface area contributed by atoms with Crippen molar-refractivity contribution in [2.24, 2.45) is 0 Å². The van der Waals surface area contributed by atoms with Gasteiger partial charge in [-0.3, -0.25) is 0 Å². The number of furan rings is 1. The fourth-order valence-electron chi connectivity index (χ4n) is 8.31. The molecule has 0 spiro atoms. The van der Waals surface area contributed by atoms with Crippen molar-refractivity contribution < 1.29 is 4.42 Å². The number of fused-ring (bicyclic) bond motifs is 8. The zero-order valence-electron chi connectivity index (χ0n) is 28.6. The molecule has 242 valence electrons. The molecule has 0 amide bonds. The zero-order valence-corrected chi connectivity index (χ0v) is 28.6. The summed E-state index contributed by atoms with van der Waals surface area (Å²) >= 11 is 0. The lowest BCUT2D eigenvalue weighted by atomic mass is 9.82. The van der Waals surface area contributed by atoms with Crippen LogP contribution in [0.4, 0.5) is 17.1 Å². The quantitative estimate of drug-likeness (QED) is 0.184. The minimum absolute atomic E-state index is 0.128. The maximum Gasteiger partial charge on any atom is 0.136 e. The smallest absolute Gasteiger partial charge is 0.136 e. The maximum atomic E-state index is 6.64. The van der Waals surface area contributed by atoms with E-state index >= 15 is 0 Å². The molecule has 0 saturated heterocycles. The lowest BCUT2D eigenvalue weighted by Gasteiger charge is -2.30. The van der Waals surface area contributed by atoms with Gasteiger partial charge in [-0.2, -0.15) is 0 Å². The molecule has 0 N–H and O–H groups in total. The highest BCUT2D eigenvalue weighted by molar-refractivity contribution is 6.20. The van der Waals surface area contributed by atoms with Crippen LogP contribution in [0.2, 0.25) is 0 Å². The normalized spacial score (nSPS) is 13.1. The van der Waals surface area contributed by atoms with Crippen LogP contribution in [0.3, 0.4) is 0 Å². The zero-order chi connectivity index (χ0) is 34.1. The molecule has 0 radical (unpaired) electrons. The van der Waals surface area contributed by atoms with Gasteiger partial charge in [0.1, 0.15) is 11.2 Å². The highest BCUT2D eigenvalue weighted by Crippen LogP contribution is 2.52. The van der Waals surface area contributed by atoms with Crippen LogP contribution in [0, 0.1) is 0 Å². The average molecular weight is 654 g/mol. The molecule has 10 rings (SSSR count). The summed E-state index contributed by atoms with van der Waals surface area (Å²) in [5.74, 6) is 0. The van der Waals surface area contributed by atoms with Crippen LogP contribution < -0.4 is 4.90 Å². The molecule has 0 unspecified atom stereocenters. The van der Waals surface area contributed by atoms with Gasteiger partial charge in [0.25, 0.3) is 0 Å². The summed E-state index contributed by atoms with van der Waals surface area (Å²) in [6.07, 6.45) is 0. The van der Waals surface area contributed by atoms with Gasteiger partial charge < -0.3 is 9.32 Å². The van der Waals surface area contributed by atoms with Crippen molar-refractivity contribution in [1.29, 1.82) is 0 Å². The minimum atomic E-state index is -0.128. The Labute approximate surface area is 297 Å². The Balaban J connectivity index is 1.26. The van der Waals surface area contributed by atoms with Crippen LogP contribution in [0.5, 0.6) is 0 Å². The van der Waals surface area contributed by atoms with Crippen LogP contribution in [-0.2, 0) is 5.41 Å². The summed E-state index contributed by atoms with van der Waals surface area (Å²) in [6.45, 7) is 4.70. The first-order valence-corrected chi connectivity index (χ1v) is 17.7. The molecule has 2 heteroatoms. The molecule has 1 aliphatic rings. The van der Waals surface area contributed by atoms with Gasteiger partial charge in [-0.15, -0.1) is 0 Å². The molecule has 9 aromatic rings. The van der Waals surface area contributed by atoms with E-state index in [1.165, 1.54) is 44.2 Å². The fraction of sp³-hybridized carbons (Fsp3) is 0.0612. The van der Waals surface area contributed by atoms with Crippen molar-refractivity contribution in [2.45, 2.75) is 19.3 Å². The van der Waals surface area contributed by atoms with Gasteiger partial charge in [0, 0.05) is 33.1 Å². The summed E-state index contributed by atoms with van der Waals surface area (Å²) in [5, 5.41) is 4.66. The SMILES string of the molecule is CC1(C)c2ccccc2-c2ccc(N(c3ccc(-c4ccccc4)cc3)c3cc4c(cc3-c3ccccc3)oc3ccc5ccccc5c34)cc21. The molecular formula is C49H35NO. The largest absolute Gasteiger partial charge is 0.456 e. The van der Waals surface area contributed by atoms with Gasteiger partial charge in [-0.05, 0) is 92.2 Å². The Bertz CT molecular complexity index is 2760. The third kappa shape index (κ3) is 4.64. The monoisotopic (exact) mass is 653 g/mol. The van der Waals surface area contributed by atoms with Crippen LogP contribution in [-0.4, -0.2) is 0 Å². The minimum Gasteiger partial charge on any atom is -0.456 e. The van der Waals surface area contributed by atoms with Crippen LogP contribution in [0.15, 0.2) is 180 Å². The van der Waals surface area contributed by atoms with Crippen molar-refractivity contribution in [1.82, 2.24) is 0 Å². The first-order chi connectivity index (χ1) is 25.0. The highest BCUT2D eigenvalue weighted by Gasteiger charge is 2.36. The Morgan fingerprint density at radius 2 is 1.08 bits per heavy atom. The second-order valence-electron chi connectivity index (χ2n) is 14.1. The molecule has 1 aromatic heterocycles. The number of rotatable bonds is 5. The van der Waals surface area contributed by atoms with Gasteiger partial charge in [0.15, 0.2) is 0 Å². The third-order valence-electron chi connectivity index (χ3n) is 10.9. The van der Waals surface area contributed by atoms with Crippen LogP contribution in [0.25, 0.3) is 66.1 Å². The topological polar surface area (TPSA) is 16.4 Å². The van der Waals surface area contributed by atoms with Crippen LogP contribution in [0.1, 0.15) is 25.0 Å². The van der Waals surface area contributed by atoms with E-state index in [-0.39, 0.29) is 5.41 Å². The summed E-state index contributed by atoms with van der Waals surface area (Å²) in [7, 11) is 0. The number of anilines is 3. The molecule has 8 aromatic carbocycles. The maximum absolute atomic E-state index is 6.64. The molecular weight excluding hydrogens is 619 g/mol. The lowest BCUT2D eigenvalue weighted by Crippen LogP contribution is -2.17. The van der Waals surface area contributed by atoms with Gasteiger partial charge >= 0.3 is 0 Å². The molecule has 0 bridgehead atoms. The van der Waals surface area contributed by atoms with Gasteiger partial charge in [0.05, 0.1) is 5.69 Å². The molecule has 0 atom stereocenters. The van der Waals surface area contributed by atoms with E-state index in [1.54, 1.807) is 0 Å². The molecule has 0 aliphatic heterocycles. The van der Waals surface area contributed by atoms with Crippen molar-refractivity contribution >= 4 is 49.8 Å². The molecule has 0 fully saturated rings. The average Bonchev–Trinajstić information content (AvgIpc) is 3.67. The van der Waals surface area contributed by atoms with Crippen molar-refractivity contribution in [3.8, 4) is 33.4 Å². The van der Waals surface area contributed by atoms with E-state index < -0.39 is 0 Å². The molecule has 51 heavy (non-hydrogen) atoms. The van der Waals surface area contributed by atoms with E-state index in [1.807, 2.05) is 0 Å². The van der Waals surface area contributed by atoms with E-state index in [0.717, 1.165) is 50.1 Å². The van der Waals surface area contributed by atoms with Gasteiger partial charge in [0.2, 0.25) is 0 Å². The number of hydrogen-bond acceptors (Lipinski definition) is 2. The number of nitrogens with zero attached hydrogens (tertiary/aromatic N) is 1. The molecule has 2 nitrogen and oxygen atoms in total. The van der Waals surface area contributed by atoms with E-state index in [2.05, 4.69) is 195 Å². The van der Waals surface area contributed by atoms with Crippen LogP contribution >= 0.6 is 0 Å². The Hall–Kier alpha value is -6.38. The first kappa shape index (κ1) is 29.5. The lowest BCUT2D eigenvalue weighted by molar-refractivity contribution is 0.660. The van der Waals surface area contributed by atoms with Crippen molar-refractivity contribution in [3.05, 3.63) is 187 Å². The molecule has 1 aliphatic carbocycles. The molecule has 1 heterocycles. The van der Waals surface area contributed by atoms with Crippen molar-refractivity contribution in [2.75, 3.05) is 4.90 Å². The molecule has 0 saturated carbocycles. The predicted octanol–water partition coefficient (Wildman–Crippen LogP) is 13.8. The second-order valence-corrected chi connectivity index (χ2v) is 14.1. The standard InChI is InChI=1S/C49H35NO/c1-49(2)43-20-12-11-19-39(43)40-27-26-37(29-44(40)49)50(36-24-21-33(22-25-36)32-13-5-3-6-14-32)45-30-42-47(31-41(45)34-15-7-4-8-16-34)51-46-28-23-35-17-9-10-18-38(35)48(42)46/h3-31H,1-2H3. The fourth-order valence-corrected chi connectivity index (χ4v) is 8.31. The van der Waals surface area contributed by atoms with Crippen molar-refractivity contribution in [3.63, 3.8) is 0 Å². The summed E-state index contributed by atoms with van der Waals surface area (Å²) in [6, 6.07) is 63.7. The predicted molar refractivity (Wildman–Crippen MR) is 214 cm³/mol. The summed E-state index contributed by atoms with van der Waals surface area (Å²) in [4.78, 5) is 2.44. The summed E-state index contributed by atoms with van der Waals surface area (Å²) in [5.41, 5.74) is 15.0. The Kier molecular flexibility index (Phi) is 6.56. The van der Waals surface area contributed by atoms with E-state index in [0.29, 0.717) is 0 Å².